The number of rotatable bonds is 6. The van der Waals surface area contributed by atoms with Crippen LogP contribution in [0.15, 0.2) is 4.99 Å². The van der Waals surface area contributed by atoms with Gasteiger partial charge in [-0.3, -0.25) is 0 Å². The Morgan fingerprint density at radius 3 is 2.56 bits per heavy atom. The SMILES string of the molecule is CC(C)(C)OC(=O)NCCCCCN=C=O. The lowest BCUT2D eigenvalue weighted by Gasteiger charge is -2.19. The number of unbranched alkanes of at least 4 members (excludes halogenated alkanes) is 2. The smallest absolute Gasteiger partial charge is 0.407 e. The molecule has 0 spiro atoms. The average molecular weight is 228 g/mol. The summed E-state index contributed by atoms with van der Waals surface area (Å²) in [6.45, 7) is 6.56. The first-order valence-corrected chi connectivity index (χ1v) is 5.46. The number of carbonyl (C=O) groups is 1. The predicted octanol–water partition coefficient (Wildman–Crippen LogP) is 2.02. The number of carbonyl (C=O) groups excluding carboxylic acids is 2. The number of ether oxygens (including phenoxy) is 1. The highest BCUT2D eigenvalue weighted by molar-refractivity contribution is 5.67. The lowest BCUT2D eigenvalue weighted by atomic mass is 10.2. The van der Waals surface area contributed by atoms with Gasteiger partial charge in [-0.2, -0.15) is 0 Å². The van der Waals surface area contributed by atoms with Crippen LogP contribution < -0.4 is 5.32 Å². The summed E-state index contributed by atoms with van der Waals surface area (Å²) >= 11 is 0. The van der Waals surface area contributed by atoms with Crippen LogP contribution in [0.4, 0.5) is 4.79 Å². The Kier molecular flexibility index (Phi) is 7.21. The van der Waals surface area contributed by atoms with E-state index in [4.69, 9.17) is 4.74 Å². The molecule has 0 saturated carbocycles. The van der Waals surface area contributed by atoms with Crippen molar-refractivity contribution < 1.29 is 14.3 Å². The molecule has 0 aliphatic rings. The van der Waals surface area contributed by atoms with Gasteiger partial charge in [0.15, 0.2) is 0 Å². The lowest BCUT2D eigenvalue weighted by Crippen LogP contribution is -2.32. The zero-order valence-corrected chi connectivity index (χ0v) is 10.2. The van der Waals surface area contributed by atoms with Crippen molar-refractivity contribution in [2.45, 2.75) is 45.6 Å². The zero-order chi connectivity index (χ0) is 12.4. The van der Waals surface area contributed by atoms with E-state index in [-0.39, 0.29) is 0 Å². The van der Waals surface area contributed by atoms with Gasteiger partial charge in [-0.05, 0) is 40.0 Å². The van der Waals surface area contributed by atoms with Crippen LogP contribution >= 0.6 is 0 Å². The van der Waals surface area contributed by atoms with Gasteiger partial charge in [0, 0.05) is 6.54 Å². The van der Waals surface area contributed by atoms with Crippen LogP contribution in [0.25, 0.3) is 0 Å². The number of isocyanates is 1. The van der Waals surface area contributed by atoms with Crippen LogP contribution in [0.2, 0.25) is 0 Å². The molecule has 1 N–H and O–H groups in total. The fourth-order valence-electron chi connectivity index (χ4n) is 1.04. The summed E-state index contributed by atoms with van der Waals surface area (Å²) in [6.07, 6.45) is 3.71. The predicted molar refractivity (Wildman–Crippen MR) is 61.1 cm³/mol. The Bertz CT molecular complexity index is 252. The van der Waals surface area contributed by atoms with Gasteiger partial charge >= 0.3 is 6.09 Å². The Morgan fingerprint density at radius 2 is 2.00 bits per heavy atom. The van der Waals surface area contributed by atoms with Crippen LogP contribution in [-0.2, 0) is 9.53 Å². The number of amides is 1. The minimum atomic E-state index is -0.456. The number of hydrogen-bond acceptors (Lipinski definition) is 4. The molecule has 0 atom stereocenters. The fraction of sp³-hybridized carbons (Fsp3) is 0.818. The molecule has 0 aromatic rings. The van der Waals surface area contributed by atoms with E-state index >= 15 is 0 Å². The lowest BCUT2D eigenvalue weighted by molar-refractivity contribution is 0.0527. The molecule has 92 valence electrons. The van der Waals surface area contributed by atoms with E-state index in [0.717, 1.165) is 19.3 Å². The van der Waals surface area contributed by atoms with Gasteiger partial charge in [0.2, 0.25) is 6.08 Å². The van der Waals surface area contributed by atoms with E-state index in [1.807, 2.05) is 20.8 Å². The van der Waals surface area contributed by atoms with Crippen molar-refractivity contribution in [2.75, 3.05) is 13.1 Å². The Hall–Kier alpha value is -1.35. The molecule has 0 aromatic heterocycles. The minimum absolute atomic E-state index is 0.390. The quantitative estimate of drug-likeness (QED) is 0.429. The number of hydrogen-bond donors (Lipinski definition) is 1. The molecule has 0 aliphatic carbocycles. The second-order valence-corrected chi connectivity index (χ2v) is 4.46. The Morgan fingerprint density at radius 1 is 1.31 bits per heavy atom. The first kappa shape index (κ1) is 14.6. The van der Waals surface area contributed by atoms with Crippen molar-refractivity contribution in [3.8, 4) is 0 Å². The van der Waals surface area contributed by atoms with Gasteiger partial charge < -0.3 is 10.1 Å². The molecule has 0 radical (unpaired) electrons. The molecule has 16 heavy (non-hydrogen) atoms. The van der Waals surface area contributed by atoms with Crippen molar-refractivity contribution >= 4 is 12.2 Å². The topological polar surface area (TPSA) is 67.8 Å². The summed E-state index contributed by atoms with van der Waals surface area (Å²) in [5.41, 5.74) is -0.456. The average Bonchev–Trinajstić information content (AvgIpc) is 2.13. The first-order valence-electron chi connectivity index (χ1n) is 5.46. The van der Waals surface area contributed by atoms with Gasteiger partial charge in [0.05, 0.1) is 6.54 Å². The van der Waals surface area contributed by atoms with Crippen LogP contribution in [0.3, 0.4) is 0 Å². The maximum Gasteiger partial charge on any atom is 0.407 e. The van der Waals surface area contributed by atoms with E-state index in [2.05, 4.69) is 10.3 Å². The van der Waals surface area contributed by atoms with Gasteiger partial charge in [0.25, 0.3) is 0 Å². The summed E-state index contributed by atoms with van der Waals surface area (Å²) in [5, 5.41) is 2.66. The third-order valence-corrected chi connectivity index (χ3v) is 1.68. The summed E-state index contributed by atoms with van der Waals surface area (Å²) in [5.74, 6) is 0. The molecule has 0 rings (SSSR count). The highest BCUT2D eigenvalue weighted by atomic mass is 16.6. The normalized spacial score (nSPS) is 10.4. The van der Waals surface area contributed by atoms with E-state index in [0.29, 0.717) is 13.1 Å². The summed E-state index contributed by atoms with van der Waals surface area (Å²) < 4.78 is 5.06. The van der Waals surface area contributed by atoms with E-state index in [9.17, 15) is 9.59 Å². The number of nitrogens with one attached hydrogen (secondary N) is 1. The third kappa shape index (κ3) is 10.7. The van der Waals surface area contributed by atoms with Gasteiger partial charge in [-0.1, -0.05) is 0 Å². The van der Waals surface area contributed by atoms with Crippen molar-refractivity contribution in [3.63, 3.8) is 0 Å². The van der Waals surface area contributed by atoms with Crippen molar-refractivity contribution in [1.82, 2.24) is 5.32 Å². The second-order valence-electron chi connectivity index (χ2n) is 4.46. The van der Waals surface area contributed by atoms with Gasteiger partial charge in [-0.15, -0.1) is 0 Å². The number of nitrogens with zero attached hydrogens (tertiary/aromatic N) is 1. The molecule has 0 aromatic carbocycles. The monoisotopic (exact) mass is 228 g/mol. The molecule has 0 bridgehead atoms. The molecule has 0 unspecified atom stereocenters. The minimum Gasteiger partial charge on any atom is -0.444 e. The maximum atomic E-state index is 11.2. The van der Waals surface area contributed by atoms with Crippen LogP contribution in [0.1, 0.15) is 40.0 Å². The van der Waals surface area contributed by atoms with Crippen molar-refractivity contribution in [1.29, 1.82) is 0 Å². The Balaban J connectivity index is 3.38. The fourth-order valence-corrected chi connectivity index (χ4v) is 1.04. The third-order valence-electron chi connectivity index (χ3n) is 1.68. The van der Waals surface area contributed by atoms with Crippen LogP contribution in [0.5, 0.6) is 0 Å². The first-order chi connectivity index (χ1) is 7.45. The molecule has 5 nitrogen and oxygen atoms in total. The summed E-state index contributed by atoms with van der Waals surface area (Å²) in [6, 6.07) is 0. The molecule has 5 heteroatoms. The van der Waals surface area contributed by atoms with Crippen LogP contribution in [0, 0.1) is 0 Å². The largest absolute Gasteiger partial charge is 0.444 e. The van der Waals surface area contributed by atoms with Crippen molar-refractivity contribution in [3.05, 3.63) is 0 Å². The van der Waals surface area contributed by atoms with Gasteiger partial charge in [0.1, 0.15) is 5.60 Å². The molecular formula is C11H20N2O3. The summed E-state index contributed by atoms with van der Waals surface area (Å²) in [4.78, 5) is 24.4. The molecular weight excluding hydrogens is 208 g/mol. The van der Waals surface area contributed by atoms with E-state index in [1.165, 1.54) is 6.08 Å². The second kappa shape index (κ2) is 7.88. The molecule has 1 amide bonds. The number of alkyl carbamates (subject to hydrolysis) is 1. The van der Waals surface area contributed by atoms with Crippen molar-refractivity contribution in [2.24, 2.45) is 4.99 Å². The standard InChI is InChI=1S/C11H20N2O3/c1-11(2,3)16-10(15)13-8-6-4-5-7-12-9-14/h4-8H2,1-3H3,(H,13,15). The highest BCUT2D eigenvalue weighted by Crippen LogP contribution is 2.06. The highest BCUT2D eigenvalue weighted by Gasteiger charge is 2.15. The molecule has 0 heterocycles. The van der Waals surface area contributed by atoms with Crippen LogP contribution in [-0.4, -0.2) is 30.9 Å². The molecule has 0 aliphatic heterocycles. The number of aliphatic imine (C=N–C) groups is 1. The molecule has 0 saturated heterocycles. The Labute approximate surface area is 96.3 Å². The molecule has 0 fully saturated rings. The van der Waals surface area contributed by atoms with E-state index < -0.39 is 11.7 Å². The van der Waals surface area contributed by atoms with Gasteiger partial charge in [-0.25, -0.2) is 14.6 Å². The van der Waals surface area contributed by atoms with E-state index in [1.54, 1.807) is 0 Å². The maximum absolute atomic E-state index is 11.2. The summed E-state index contributed by atoms with van der Waals surface area (Å²) in [7, 11) is 0. The zero-order valence-electron chi connectivity index (χ0n) is 10.2.